The van der Waals surface area contributed by atoms with E-state index >= 15 is 0 Å². The average molecular weight is 372 g/mol. The van der Waals surface area contributed by atoms with E-state index in [4.69, 9.17) is 4.74 Å². The van der Waals surface area contributed by atoms with E-state index in [9.17, 15) is 4.79 Å². The molecule has 26 heavy (non-hydrogen) atoms. The van der Waals surface area contributed by atoms with Crippen molar-refractivity contribution >= 4 is 27.5 Å². The molecule has 0 radical (unpaired) electrons. The second-order valence-corrected chi connectivity index (χ2v) is 7.12. The van der Waals surface area contributed by atoms with Gasteiger partial charge in [0.1, 0.15) is 0 Å². The Morgan fingerprint density at radius 1 is 1.27 bits per heavy atom. The molecule has 0 atom stereocenters. The first-order chi connectivity index (χ1) is 12.5. The molecule has 0 saturated heterocycles. The van der Waals surface area contributed by atoms with Crippen molar-refractivity contribution in [1.82, 2.24) is 14.3 Å². The van der Waals surface area contributed by atoms with E-state index in [1.54, 1.807) is 16.9 Å². The molecule has 0 aliphatic rings. The number of hydrogen-bond acceptors (Lipinski definition) is 4. The second-order valence-electron chi connectivity index (χ2n) is 6.11. The van der Waals surface area contributed by atoms with Crippen LogP contribution in [0.5, 0.6) is 0 Å². The van der Waals surface area contributed by atoms with E-state index in [0.29, 0.717) is 30.3 Å². The average Bonchev–Trinajstić information content (AvgIpc) is 3.21. The number of aryl methyl sites for hydroxylation is 3. The Balaban J connectivity index is 2.07. The molecule has 3 aromatic rings. The van der Waals surface area contributed by atoms with Gasteiger partial charge in [-0.15, -0.1) is 0 Å². The summed E-state index contributed by atoms with van der Waals surface area (Å²) in [7, 11) is 0. The van der Waals surface area contributed by atoms with Crippen LogP contribution in [0.1, 0.15) is 35.5 Å². The van der Waals surface area contributed by atoms with Gasteiger partial charge in [0.2, 0.25) is 0 Å². The first kappa shape index (κ1) is 18.5. The van der Waals surface area contributed by atoms with Gasteiger partial charge in [-0.3, -0.25) is 9.48 Å². The Bertz CT molecular complexity index is 997. The van der Waals surface area contributed by atoms with Crippen LogP contribution in [0.15, 0.2) is 29.4 Å². The molecule has 2 heterocycles. The molecule has 0 aliphatic heterocycles. The van der Waals surface area contributed by atoms with E-state index in [2.05, 4.69) is 40.6 Å². The largest absolute Gasteiger partial charge is 0.380 e. The summed E-state index contributed by atoms with van der Waals surface area (Å²) in [5.74, 6) is -0.317. The number of thiazole rings is 1. The summed E-state index contributed by atoms with van der Waals surface area (Å²) in [6, 6.07) is 6.02. The molecule has 0 aliphatic carbocycles. The smallest absolute Gasteiger partial charge is 0.300 e. The van der Waals surface area contributed by atoms with Crippen LogP contribution >= 0.6 is 11.3 Å². The van der Waals surface area contributed by atoms with Crippen LogP contribution in [0.3, 0.4) is 0 Å². The highest BCUT2D eigenvalue weighted by Gasteiger charge is 2.12. The summed E-state index contributed by atoms with van der Waals surface area (Å²) < 4.78 is 10.4. The fraction of sp³-hybridized carbons (Fsp3) is 0.421. The summed E-state index contributed by atoms with van der Waals surface area (Å²) in [6.45, 7) is 10.8. The third kappa shape index (κ3) is 3.78. The predicted octanol–water partition coefficient (Wildman–Crippen LogP) is 3.31. The number of benzene rings is 1. The van der Waals surface area contributed by atoms with Crippen LogP contribution in [0, 0.1) is 13.8 Å². The maximum absolute atomic E-state index is 12.6. The number of amides is 1. The summed E-state index contributed by atoms with van der Waals surface area (Å²) in [6.07, 6.45) is 1.80. The number of carbonyl (C=O) groups is 1. The zero-order valence-corrected chi connectivity index (χ0v) is 16.5. The molecular weight excluding hydrogens is 348 g/mol. The Labute approximate surface area is 156 Å². The van der Waals surface area contributed by atoms with Gasteiger partial charge in [0, 0.05) is 25.9 Å². The monoisotopic (exact) mass is 372 g/mol. The molecule has 2 aromatic heterocycles. The Hall–Kier alpha value is -2.25. The number of carbonyl (C=O) groups excluding carboxylic acids is 1. The topological polar surface area (TPSA) is 61.4 Å². The van der Waals surface area contributed by atoms with Crippen molar-refractivity contribution in [3.05, 3.63) is 46.0 Å². The molecule has 0 spiro atoms. The lowest BCUT2D eigenvalue weighted by molar-refractivity contribution is 0.0991. The molecule has 0 saturated carbocycles. The third-order valence-corrected chi connectivity index (χ3v) is 5.38. The van der Waals surface area contributed by atoms with E-state index < -0.39 is 0 Å². The summed E-state index contributed by atoms with van der Waals surface area (Å²) in [4.78, 5) is 17.6. The fourth-order valence-corrected chi connectivity index (χ4v) is 3.85. The van der Waals surface area contributed by atoms with Crippen LogP contribution in [0.25, 0.3) is 10.2 Å². The lowest BCUT2D eigenvalue weighted by Gasteiger charge is -2.07. The van der Waals surface area contributed by atoms with Gasteiger partial charge < -0.3 is 9.30 Å². The van der Waals surface area contributed by atoms with E-state index in [0.717, 1.165) is 16.8 Å². The molecule has 138 valence electrons. The Kier molecular flexibility index (Phi) is 5.68. The van der Waals surface area contributed by atoms with Crippen molar-refractivity contribution in [3.63, 3.8) is 0 Å². The molecule has 0 unspecified atom stereocenters. The van der Waals surface area contributed by atoms with Crippen molar-refractivity contribution in [2.45, 2.75) is 40.8 Å². The van der Waals surface area contributed by atoms with Gasteiger partial charge in [-0.2, -0.15) is 10.1 Å². The van der Waals surface area contributed by atoms with Gasteiger partial charge in [0.05, 0.1) is 16.8 Å². The molecule has 1 aromatic carbocycles. The molecule has 0 N–H and O–H groups in total. The fourth-order valence-electron chi connectivity index (χ4n) is 2.72. The third-order valence-electron chi connectivity index (χ3n) is 4.34. The summed E-state index contributed by atoms with van der Waals surface area (Å²) in [5.41, 5.74) is 3.91. The van der Waals surface area contributed by atoms with Gasteiger partial charge in [0.15, 0.2) is 10.5 Å². The van der Waals surface area contributed by atoms with Crippen molar-refractivity contribution in [2.75, 3.05) is 13.2 Å². The van der Waals surface area contributed by atoms with E-state index in [1.165, 1.54) is 22.5 Å². The quantitative estimate of drug-likeness (QED) is 0.624. The van der Waals surface area contributed by atoms with Gasteiger partial charge in [-0.1, -0.05) is 11.3 Å². The molecule has 6 nitrogen and oxygen atoms in total. The van der Waals surface area contributed by atoms with Crippen LogP contribution < -0.4 is 4.80 Å². The molecule has 1 amide bonds. The first-order valence-corrected chi connectivity index (χ1v) is 9.66. The number of aromatic nitrogens is 3. The van der Waals surface area contributed by atoms with Crippen molar-refractivity contribution in [3.8, 4) is 0 Å². The van der Waals surface area contributed by atoms with Gasteiger partial charge >= 0.3 is 0 Å². The predicted molar refractivity (Wildman–Crippen MR) is 104 cm³/mol. The first-order valence-electron chi connectivity index (χ1n) is 8.84. The lowest BCUT2D eigenvalue weighted by atomic mass is 10.1. The number of fused-ring (bicyclic) bond motifs is 1. The molecule has 3 rings (SSSR count). The number of ether oxygens (including phenoxy) is 1. The van der Waals surface area contributed by atoms with Gasteiger partial charge in [-0.25, -0.2) is 0 Å². The lowest BCUT2D eigenvalue weighted by Crippen LogP contribution is -2.20. The van der Waals surface area contributed by atoms with Gasteiger partial charge in [-0.05, 0) is 57.0 Å². The minimum absolute atomic E-state index is 0.317. The number of rotatable bonds is 6. The maximum atomic E-state index is 12.6. The van der Waals surface area contributed by atoms with Crippen LogP contribution in [0.2, 0.25) is 0 Å². The minimum atomic E-state index is -0.317. The Morgan fingerprint density at radius 3 is 2.73 bits per heavy atom. The zero-order valence-electron chi connectivity index (χ0n) is 15.7. The normalized spacial score (nSPS) is 12.2. The highest BCUT2D eigenvalue weighted by molar-refractivity contribution is 7.16. The van der Waals surface area contributed by atoms with Crippen LogP contribution in [-0.2, 0) is 17.8 Å². The van der Waals surface area contributed by atoms with Crippen molar-refractivity contribution in [2.24, 2.45) is 4.99 Å². The van der Waals surface area contributed by atoms with Gasteiger partial charge in [0.25, 0.3) is 5.91 Å². The van der Waals surface area contributed by atoms with Crippen LogP contribution in [0.4, 0.5) is 0 Å². The highest BCUT2D eigenvalue weighted by atomic mass is 32.1. The highest BCUT2D eigenvalue weighted by Crippen LogP contribution is 2.22. The second kappa shape index (κ2) is 7.97. The maximum Gasteiger partial charge on any atom is 0.300 e. The zero-order chi connectivity index (χ0) is 18.7. The molecule has 0 bridgehead atoms. The van der Waals surface area contributed by atoms with E-state index in [1.807, 2.05) is 13.8 Å². The summed E-state index contributed by atoms with van der Waals surface area (Å²) >= 11 is 1.53. The van der Waals surface area contributed by atoms with Crippen molar-refractivity contribution in [1.29, 1.82) is 0 Å². The minimum Gasteiger partial charge on any atom is -0.380 e. The number of hydrogen-bond donors (Lipinski definition) is 0. The van der Waals surface area contributed by atoms with Crippen molar-refractivity contribution < 1.29 is 9.53 Å². The summed E-state index contributed by atoms with van der Waals surface area (Å²) in [5, 5.41) is 4.26. The SMILES string of the molecule is CCOCCn1c(=NC(=O)c2ccn(CC)n2)sc2cc(C)c(C)cc21. The molecular formula is C19H24N4O2S. The molecule has 0 fully saturated rings. The standard InChI is InChI=1S/C19H24N4O2S/c1-5-22-8-7-15(21-22)18(24)20-19-23(9-10-25-6-2)16-11-13(3)14(4)12-17(16)26-19/h7-8,11-12H,5-6,9-10H2,1-4H3. The van der Waals surface area contributed by atoms with Crippen LogP contribution in [-0.4, -0.2) is 33.5 Å². The number of nitrogens with zero attached hydrogens (tertiary/aromatic N) is 4. The Morgan fingerprint density at radius 2 is 2.04 bits per heavy atom. The molecule has 7 heteroatoms. The van der Waals surface area contributed by atoms with E-state index in [-0.39, 0.29) is 5.91 Å².